The van der Waals surface area contributed by atoms with Gasteiger partial charge in [-0.15, -0.1) is 0 Å². The average molecular weight is 446 g/mol. The van der Waals surface area contributed by atoms with Crippen molar-refractivity contribution in [2.24, 2.45) is 0 Å². The largest absolute Gasteiger partial charge is 0.355 e. The fraction of sp³-hybridized carbons (Fsp3) is 0.0870. The minimum atomic E-state index is -0.606. The Labute approximate surface area is 188 Å². The Kier molecular flexibility index (Phi) is 6.07. The fourth-order valence-electron chi connectivity index (χ4n) is 3.49. The summed E-state index contributed by atoms with van der Waals surface area (Å²) in [6.07, 6.45) is 1.18. The second-order valence-electron chi connectivity index (χ2n) is 6.98. The lowest BCUT2D eigenvalue weighted by Crippen LogP contribution is -2.30. The van der Waals surface area contributed by atoms with Crippen LogP contribution in [0.4, 0.5) is 27.4 Å². The lowest BCUT2D eigenvalue weighted by molar-refractivity contribution is -0.383. The van der Waals surface area contributed by atoms with Crippen molar-refractivity contribution in [3.8, 4) is 0 Å². The number of benzene rings is 3. The molecule has 3 aromatic carbocycles. The van der Waals surface area contributed by atoms with Gasteiger partial charge in [-0.1, -0.05) is 36.4 Å². The van der Waals surface area contributed by atoms with Crippen molar-refractivity contribution in [1.82, 2.24) is 15.4 Å². The van der Waals surface area contributed by atoms with Crippen molar-refractivity contribution in [2.75, 3.05) is 16.9 Å². The fourth-order valence-corrected chi connectivity index (χ4v) is 3.49. The maximum Gasteiger partial charge on any atom is 0.355 e. The molecule has 166 valence electrons. The van der Waals surface area contributed by atoms with E-state index in [0.29, 0.717) is 6.54 Å². The first-order chi connectivity index (χ1) is 16.0. The molecule has 1 heterocycles. The molecule has 0 saturated carbocycles. The molecule has 0 atom stereocenters. The maximum atomic E-state index is 13.1. The van der Waals surface area contributed by atoms with Crippen LogP contribution in [-0.2, 0) is 0 Å². The third-order valence-electron chi connectivity index (χ3n) is 5.02. The summed E-state index contributed by atoms with van der Waals surface area (Å²) in [6.45, 7) is 2.25. The Bertz CT molecular complexity index is 1320. The number of anilines is 3. The van der Waals surface area contributed by atoms with E-state index in [2.05, 4.69) is 20.8 Å². The van der Waals surface area contributed by atoms with Crippen molar-refractivity contribution >= 4 is 39.7 Å². The van der Waals surface area contributed by atoms with Crippen LogP contribution in [0.25, 0.3) is 10.8 Å². The van der Waals surface area contributed by atoms with Gasteiger partial charge < -0.3 is 4.90 Å². The predicted molar refractivity (Wildman–Crippen MR) is 123 cm³/mol. The molecule has 4 rings (SSSR count). The smallest absolute Gasteiger partial charge is 0.320 e. The maximum absolute atomic E-state index is 13.1. The van der Waals surface area contributed by atoms with Crippen LogP contribution in [0.2, 0.25) is 0 Å². The van der Waals surface area contributed by atoms with E-state index in [1.54, 1.807) is 4.90 Å². The molecule has 0 spiro atoms. The van der Waals surface area contributed by atoms with E-state index in [0.717, 1.165) is 28.6 Å². The third kappa shape index (κ3) is 4.40. The SMILES string of the molecule is CCN(c1ncnc(NNC(=O)c2ccc(F)cc2)c1[N+](=O)[O-])c1cccc2ccccc12. The lowest BCUT2D eigenvalue weighted by Gasteiger charge is -2.24. The number of carbonyl (C=O) groups is 1. The molecule has 4 aromatic rings. The molecule has 10 heteroatoms. The molecule has 33 heavy (non-hydrogen) atoms. The summed E-state index contributed by atoms with van der Waals surface area (Å²) in [6, 6.07) is 18.3. The topological polar surface area (TPSA) is 113 Å². The second-order valence-corrected chi connectivity index (χ2v) is 6.98. The zero-order valence-corrected chi connectivity index (χ0v) is 17.5. The molecular formula is C23H19FN6O3. The summed E-state index contributed by atoms with van der Waals surface area (Å²) in [7, 11) is 0. The van der Waals surface area contributed by atoms with Crippen molar-refractivity contribution in [1.29, 1.82) is 0 Å². The Balaban J connectivity index is 1.70. The first-order valence-electron chi connectivity index (χ1n) is 10.1. The molecule has 1 amide bonds. The van der Waals surface area contributed by atoms with Gasteiger partial charge in [0.25, 0.3) is 5.91 Å². The molecule has 0 unspecified atom stereocenters. The minimum absolute atomic E-state index is 0.0763. The number of hydrazine groups is 1. The number of nitro groups is 1. The molecule has 0 aliphatic rings. The highest BCUT2D eigenvalue weighted by Crippen LogP contribution is 2.38. The standard InChI is InChI=1S/C23H19FN6O3/c1-2-29(19-9-5-7-15-6-3-4-8-18(15)19)22-20(30(32)33)21(25-14-26-22)27-28-23(31)16-10-12-17(24)13-11-16/h3-14H,2H2,1H3,(H,28,31)(H,25,26,27). The summed E-state index contributed by atoms with van der Waals surface area (Å²) < 4.78 is 13.1. The molecule has 0 saturated heterocycles. The minimum Gasteiger partial charge on any atom is -0.320 e. The number of amides is 1. The normalized spacial score (nSPS) is 10.6. The van der Waals surface area contributed by atoms with Crippen LogP contribution >= 0.6 is 0 Å². The zero-order valence-electron chi connectivity index (χ0n) is 17.5. The average Bonchev–Trinajstić information content (AvgIpc) is 2.83. The number of nitrogens with one attached hydrogen (secondary N) is 2. The van der Waals surface area contributed by atoms with Crippen molar-refractivity contribution < 1.29 is 14.1 Å². The number of nitrogens with zero attached hydrogens (tertiary/aromatic N) is 4. The highest BCUT2D eigenvalue weighted by atomic mass is 19.1. The quantitative estimate of drug-likeness (QED) is 0.315. The Morgan fingerprint density at radius 2 is 1.79 bits per heavy atom. The molecular weight excluding hydrogens is 427 g/mol. The number of halogens is 1. The van der Waals surface area contributed by atoms with Gasteiger partial charge in [-0.3, -0.25) is 25.8 Å². The van der Waals surface area contributed by atoms with Crippen molar-refractivity contribution in [2.45, 2.75) is 6.92 Å². The van der Waals surface area contributed by atoms with E-state index in [4.69, 9.17) is 0 Å². The summed E-state index contributed by atoms with van der Waals surface area (Å²) in [4.78, 5) is 33.6. The van der Waals surface area contributed by atoms with Crippen LogP contribution in [0.15, 0.2) is 73.1 Å². The van der Waals surface area contributed by atoms with Crippen LogP contribution in [0, 0.1) is 15.9 Å². The summed E-state index contributed by atoms with van der Waals surface area (Å²) in [5.41, 5.74) is 5.39. The number of fused-ring (bicyclic) bond motifs is 1. The van der Waals surface area contributed by atoms with Gasteiger partial charge in [0.2, 0.25) is 11.6 Å². The van der Waals surface area contributed by atoms with Gasteiger partial charge in [0.15, 0.2) is 0 Å². The van der Waals surface area contributed by atoms with Crippen LogP contribution < -0.4 is 15.8 Å². The Morgan fingerprint density at radius 3 is 2.52 bits per heavy atom. The van der Waals surface area contributed by atoms with Crippen LogP contribution in [0.1, 0.15) is 17.3 Å². The van der Waals surface area contributed by atoms with Crippen LogP contribution in [0.5, 0.6) is 0 Å². The number of carbonyl (C=O) groups excluding carboxylic acids is 1. The van der Waals surface area contributed by atoms with E-state index in [1.807, 2.05) is 49.4 Å². The molecule has 0 fully saturated rings. The van der Waals surface area contributed by atoms with Gasteiger partial charge >= 0.3 is 5.69 Å². The molecule has 0 bridgehead atoms. The number of hydrogen-bond donors (Lipinski definition) is 2. The predicted octanol–water partition coefficient (Wildman–Crippen LogP) is 4.59. The van der Waals surface area contributed by atoms with E-state index in [-0.39, 0.29) is 17.2 Å². The van der Waals surface area contributed by atoms with Gasteiger partial charge in [-0.25, -0.2) is 14.4 Å². The Hall–Kier alpha value is -4.60. The number of aromatic nitrogens is 2. The van der Waals surface area contributed by atoms with Gasteiger partial charge in [0.1, 0.15) is 12.1 Å². The van der Waals surface area contributed by atoms with Gasteiger partial charge in [-0.2, -0.15) is 0 Å². The molecule has 2 N–H and O–H groups in total. The summed E-state index contributed by atoms with van der Waals surface area (Å²) in [5, 5.41) is 13.9. The van der Waals surface area contributed by atoms with Crippen LogP contribution in [0.3, 0.4) is 0 Å². The van der Waals surface area contributed by atoms with E-state index in [9.17, 15) is 19.3 Å². The highest BCUT2D eigenvalue weighted by Gasteiger charge is 2.28. The van der Waals surface area contributed by atoms with E-state index < -0.39 is 22.3 Å². The molecule has 0 radical (unpaired) electrons. The molecule has 9 nitrogen and oxygen atoms in total. The second kappa shape index (κ2) is 9.27. The van der Waals surface area contributed by atoms with Gasteiger partial charge in [0, 0.05) is 17.5 Å². The van der Waals surface area contributed by atoms with Crippen LogP contribution in [-0.4, -0.2) is 27.3 Å². The lowest BCUT2D eigenvalue weighted by atomic mass is 10.1. The molecule has 1 aromatic heterocycles. The first-order valence-corrected chi connectivity index (χ1v) is 10.1. The Morgan fingerprint density at radius 1 is 1.06 bits per heavy atom. The van der Waals surface area contributed by atoms with Crippen molar-refractivity contribution in [3.63, 3.8) is 0 Å². The molecule has 0 aliphatic heterocycles. The summed E-state index contributed by atoms with van der Waals surface area (Å²) >= 11 is 0. The monoisotopic (exact) mass is 446 g/mol. The third-order valence-corrected chi connectivity index (χ3v) is 5.02. The summed E-state index contributed by atoms with van der Waals surface area (Å²) in [5.74, 6) is -1.19. The van der Waals surface area contributed by atoms with Gasteiger partial charge in [0.05, 0.1) is 10.6 Å². The first kappa shape index (κ1) is 21.6. The number of hydrogen-bond acceptors (Lipinski definition) is 7. The van der Waals surface area contributed by atoms with Crippen molar-refractivity contribution in [3.05, 3.63) is 94.6 Å². The zero-order chi connectivity index (χ0) is 23.4. The van der Waals surface area contributed by atoms with E-state index in [1.165, 1.54) is 18.5 Å². The van der Waals surface area contributed by atoms with E-state index >= 15 is 0 Å². The van der Waals surface area contributed by atoms with Gasteiger partial charge in [-0.05, 0) is 42.6 Å². The molecule has 0 aliphatic carbocycles. The number of rotatable bonds is 7. The highest BCUT2D eigenvalue weighted by molar-refractivity contribution is 5.97.